The number of hydroxylamine groups is 2. The van der Waals surface area contributed by atoms with Crippen LogP contribution in [-0.2, 0) is 15.0 Å². The van der Waals surface area contributed by atoms with Gasteiger partial charge in [0.15, 0.2) is 0 Å². The van der Waals surface area contributed by atoms with E-state index in [0.717, 1.165) is 18.4 Å². The second-order valence-corrected chi connectivity index (χ2v) is 6.24. The molecule has 1 saturated carbocycles. The van der Waals surface area contributed by atoms with Gasteiger partial charge in [-0.1, -0.05) is 47.5 Å². The molecule has 1 heterocycles. The average molecular weight is 321 g/mol. The van der Waals surface area contributed by atoms with Crippen molar-refractivity contribution in [2.75, 3.05) is 0 Å². The van der Waals surface area contributed by atoms with E-state index in [1.54, 1.807) is 24.3 Å². The second-order valence-electron chi connectivity index (χ2n) is 6.24. The Morgan fingerprint density at radius 1 is 0.917 bits per heavy atom. The monoisotopic (exact) mass is 321 g/mol. The molecule has 120 valence electrons. The van der Waals surface area contributed by atoms with E-state index in [1.807, 2.05) is 30.3 Å². The first-order valence-corrected chi connectivity index (χ1v) is 7.85. The fraction of sp³-hybridized carbons (Fsp3) is 0.211. The highest BCUT2D eigenvalue weighted by Crippen LogP contribution is 2.51. The van der Waals surface area contributed by atoms with Crippen LogP contribution in [0.2, 0.25) is 0 Å². The summed E-state index contributed by atoms with van der Waals surface area (Å²) in [4.78, 5) is 41.9. The smallest absolute Gasteiger partial charge is 0.330 e. The predicted molar refractivity (Wildman–Crippen MR) is 85.0 cm³/mol. The molecule has 0 spiro atoms. The molecule has 0 radical (unpaired) electrons. The molecule has 0 atom stereocenters. The lowest BCUT2D eigenvalue weighted by atomic mass is 9.93. The third-order valence-corrected chi connectivity index (χ3v) is 4.67. The minimum Gasteiger partial charge on any atom is -0.330 e. The number of nitrogens with zero attached hydrogens (tertiary/aromatic N) is 1. The van der Waals surface area contributed by atoms with Crippen LogP contribution in [0.3, 0.4) is 0 Å². The molecular weight excluding hydrogens is 306 g/mol. The van der Waals surface area contributed by atoms with Crippen LogP contribution in [0.4, 0.5) is 0 Å². The van der Waals surface area contributed by atoms with E-state index in [2.05, 4.69) is 0 Å². The number of imide groups is 1. The van der Waals surface area contributed by atoms with E-state index < -0.39 is 17.8 Å². The number of amides is 2. The number of fused-ring (bicyclic) bond motifs is 1. The molecule has 2 aromatic carbocycles. The number of hydrogen-bond acceptors (Lipinski definition) is 4. The molecule has 2 aliphatic rings. The Hall–Kier alpha value is -2.95. The van der Waals surface area contributed by atoms with Crippen LogP contribution in [0, 0.1) is 0 Å². The summed E-state index contributed by atoms with van der Waals surface area (Å²) in [6.07, 6.45) is 1.95. The van der Waals surface area contributed by atoms with Crippen LogP contribution in [0.25, 0.3) is 0 Å². The van der Waals surface area contributed by atoms with Gasteiger partial charge in [0, 0.05) is 5.41 Å². The maximum Gasteiger partial charge on any atom is 0.334 e. The second kappa shape index (κ2) is 5.30. The Bertz CT molecular complexity index is 804. The highest BCUT2D eigenvalue weighted by atomic mass is 16.7. The highest BCUT2D eigenvalue weighted by Gasteiger charge is 2.47. The Morgan fingerprint density at radius 2 is 1.46 bits per heavy atom. The van der Waals surface area contributed by atoms with Gasteiger partial charge in [0.2, 0.25) is 0 Å². The summed E-state index contributed by atoms with van der Waals surface area (Å²) in [6, 6.07) is 16.2. The minimum absolute atomic E-state index is 0.157. The molecule has 1 fully saturated rings. The van der Waals surface area contributed by atoms with E-state index in [-0.39, 0.29) is 23.0 Å². The lowest BCUT2D eigenvalue weighted by Crippen LogP contribution is -2.33. The number of benzene rings is 2. The van der Waals surface area contributed by atoms with Gasteiger partial charge in [-0.05, 0) is 30.5 Å². The van der Waals surface area contributed by atoms with Gasteiger partial charge in [0.25, 0.3) is 11.8 Å². The molecule has 0 saturated heterocycles. The van der Waals surface area contributed by atoms with Crippen molar-refractivity contribution in [1.29, 1.82) is 0 Å². The van der Waals surface area contributed by atoms with Crippen LogP contribution < -0.4 is 0 Å². The first kappa shape index (κ1) is 14.6. The largest absolute Gasteiger partial charge is 0.334 e. The van der Waals surface area contributed by atoms with Gasteiger partial charge in [-0.25, -0.2) is 4.79 Å². The lowest BCUT2D eigenvalue weighted by molar-refractivity contribution is -0.169. The maximum atomic E-state index is 12.3. The zero-order chi connectivity index (χ0) is 16.7. The highest BCUT2D eigenvalue weighted by molar-refractivity contribution is 6.20. The standard InChI is InChI=1S/C19H15NO4/c21-16(12-19(10-11-19)13-6-2-1-3-7-13)24-20-17(22)14-8-4-5-9-15(14)18(20)23/h1-9H,10-12H2. The summed E-state index contributed by atoms with van der Waals surface area (Å²) in [5.74, 6) is -1.74. The van der Waals surface area contributed by atoms with Crippen LogP contribution in [0.15, 0.2) is 54.6 Å². The Morgan fingerprint density at radius 3 is 2.00 bits per heavy atom. The van der Waals surface area contributed by atoms with E-state index in [1.165, 1.54) is 0 Å². The summed E-state index contributed by atoms with van der Waals surface area (Å²) in [5.41, 5.74) is 1.39. The Labute approximate surface area is 138 Å². The van der Waals surface area contributed by atoms with Crippen molar-refractivity contribution >= 4 is 17.8 Å². The summed E-state index contributed by atoms with van der Waals surface area (Å²) in [6.45, 7) is 0. The van der Waals surface area contributed by atoms with Gasteiger partial charge >= 0.3 is 5.97 Å². The Balaban J connectivity index is 1.48. The fourth-order valence-corrected chi connectivity index (χ4v) is 3.17. The average Bonchev–Trinajstić information content (AvgIpc) is 3.35. The molecule has 5 nitrogen and oxygen atoms in total. The molecule has 1 aliphatic heterocycles. The molecule has 4 rings (SSSR count). The molecule has 24 heavy (non-hydrogen) atoms. The van der Waals surface area contributed by atoms with Crippen molar-refractivity contribution in [3.63, 3.8) is 0 Å². The van der Waals surface area contributed by atoms with Gasteiger partial charge in [-0.15, -0.1) is 0 Å². The van der Waals surface area contributed by atoms with Crippen molar-refractivity contribution in [3.8, 4) is 0 Å². The van der Waals surface area contributed by atoms with Crippen LogP contribution in [0.5, 0.6) is 0 Å². The molecule has 0 N–H and O–H groups in total. The van der Waals surface area contributed by atoms with E-state index in [4.69, 9.17) is 4.84 Å². The molecule has 0 aromatic heterocycles. The van der Waals surface area contributed by atoms with Crippen LogP contribution in [0.1, 0.15) is 45.5 Å². The van der Waals surface area contributed by atoms with Crippen molar-refractivity contribution in [1.82, 2.24) is 5.06 Å². The molecule has 2 amide bonds. The summed E-state index contributed by atoms with van der Waals surface area (Å²) in [7, 11) is 0. The molecule has 2 aromatic rings. The molecule has 0 unspecified atom stereocenters. The predicted octanol–water partition coefficient (Wildman–Crippen LogP) is 2.86. The number of rotatable bonds is 4. The van der Waals surface area contributed by atoms with E-state index in [0.29, 0.717) is 5.06 Å². The van der Waals surface area contributed by atoms with Gasteiger partial charge in [-0.2, -0.15) is 0 Å². The molecule has 5 heteroatoms. The summed E-state index contributed by atoms with van der Waals surface area (Å²) in [5, 5.41) is 0.577. The number of carbonyl (C=O) groups is 3. The minimum atomic E-state index is -0.589. The summed E-state index contributed by atoms with van der Waals surface area (Å²) >= 11 is 0. The van der Waals surface area contributed by atoms with Crippen molar-refractivity contribution < 1.29 is 19.2 Å². The van der Waals surface area contributed by atoms with Crippen molar-refractivity contribution in [2.45, 2.75) is 24.7 Å². The molecular formula is C19H15NO4. The maximum absolute atomic E-state index is 12.3. The quantitative estimate of drug-likeness (QED) is 0.812. The fourth-order valence-electron chi connectivity index (χ4n) is 3.17. The van der Waals surface area contributed by atoms with Crippen molar-refractivity contribution in [3.05, 3.63) is 71.3 Å². The molecule has 0 bridgehead atoms. The zero-order valence-corrected chi connectivity index (χ0v) is 12.9. The first-order chi connectivity index (χ1) is 11.6. The van der Waals surface area contributed by atoms with E-state index >= 15 is 0 Å². The topological polar surface area (TPSA) is 63.7 Å². The van der Waals surface area contributed by atoms with Gasteiger partial charge in [-0.3, -0.25) is 9.59 Å². The third kappa shape index (κ3) is 2.29. The van der Waals surface area contributed by atoms with Gasteiger partial charge < -0.3 is 4.84 Å². The first-order valence-electron chi connectivity index (χ1n) is 7.85. The molecule has 1 aliphatic carbocycles. The van der Waals surface area contributed by atoms with Gasteiger partial charge in [0.05, 0.1) is 17.5 Å². The SMILES string of the molecule is O=C(CC1(c2ccccc2)CC1)ON1C(=O)c2ccccc2C1=O. The lowest BCUT2D eigenvalue weighted by Gasteiger charge is -2.17. The van der Waals surface area contributed by atoms with E-state index in [9.17, 15) is 14.4 Å². The van der Waals surface area contributed by atoms with Crippen molar-refractivity contribution in [2.24, 2.45) is 0 Å². The number of hydrogen-bond donors (Lipinski definition) is 0. The van der Waals surface area contributed by atoms with Gasteiger partial charge in [0.1, 0.15) is 0 Å². The Kier molecular flexibility index (Phi) is 3.23. The van der Waals surface area contributed by atoms with Crippen LogP contribution in [-0.4, -0.2) is 22.8 Å². The number of carbonyl (C=O) groups excluding carboxylic acids is 3. The van der Waals surface area contributed by atoms with Crippen LogP contribution >= 0.6 is 0 Å². The normalized spacial score (nSPS) is 17.6. The summed E-state index contributed by atoms with van der Waals surface area (Å²) < 4.78 is 0. The third-order valence-electron chi connectivity index (χ3n) is 4.67. The zero-order valence-electron chi connectivity index (χ0n) is 12.9.